The van der Waals surface area contributed by atoms with Crippen molar-refractivity contribution in [3.8, 4) is 0 Å². The predicted molar refractivity (Wildman–Crippen MR) is 65.1 cm³/mol. The average Bonchev–Trinajstić information content (AvgIpc) is 2.23. The zero-order valence-electron chi connectivity index (χ0n) is 8.48. The van der Waals surface area contributed by atoms with Gasteiger partial charge in [0, 0.05) is 15.1 Å². The SMILES string of the molecule is O=C(NC[C@H](O)C(=O)O)c1cc(Cl)cc(Br)c1. The molecular weight excluding hydrogens is 313 g/mol. The van der Waals surface area contributed by atoms with E-state index >= 15 is 0 Å². The molecule has 0 aliphatic carbocycles. The van der Waals surface area contributed by atoms with Gasteiger partial charge in [0.2, 0.25) is 0 Å². The number of halogens is 2. The third-order valence-electron chi connectivity index (χ3n) is 1.87. The first kappa shape index (κ1) is 14.0. The first-order valence-corrected chi connectivity index (χ1v) is 5.72. The molecule has 0 radical (unpaired) electrons. The molecule has 0 aliphatic heterocycles. The van der Waals surface area contributed by atoms with Crippen LogP contribution in [-0.4, -0.2) is 34.7 Å². The van der Waals surface area contributed by atoms with Crippen molar-refractivity contribution in [1.82, 2.24) is 5.32 Å². The van der Waals surface area contributed by atoms with Crippen LogP contribution in [0.25, 0.3) is 0 Å². The molecule has 1 aromatic carbocycles. The van der Waals surface area contributed by atoms with E-state index in [0.29, 0.717) is 9.50 Å². The number of aliphatic hydroxyl groups is 1. The van der Waals surface area contributed by atoms with Crippen LogP contribution in [0.2, 0.25) is 5.02 Å². The van der Waals surface area contributed by atoms with Crippen LogP contribution in [0.15, 0.2) is 22.7 Å². The van der Waals surface area contributed by atoms with E-state index in [1.807, 2.05) is 0 Å². The molecule has 0 fully saturated rings. The van der Waals surface area contributed by atoms with Gasteiger partial charge >= 0.3 is 5.97 Å². The van der Waals surface area contributed by atoms with E-state index in [1.54, 1.807) is 6.07 Å². The first-order valence-electron chi connectivity index (χ1n) is 4.55. The fourth-order valence-corrected chi connectivity index (χ4v) is 1.92. The highest BCUT2D eigenvalue weighted by molar-refractivity contribution is 9.10. The van der Waals surface area contributed by atoms with Crippen molar-refractivity contribution in [2.45, 2.75) is 6.10 Å². The maximum absolute atomic E-state index is 11.6. The van der Waals surface area contributed by atoms with Gasteiger partial charge in [-0.3, -0.25) is 4.79 Å². The van der Waals surface area contributed by atoms with Crippen molar-refractivity contribution in [1.29, 1.82) is 0 Å². The Bertz CT molecular complexity index is 432. The van der Waals surface area contributed by atoms with Gasteiger partial charge in [-0.05, 0) is 18.2 Å². The molecule has 92 valence electrons. The maximum Gasteiger partial charge on any atom is 0.334 e. The van der Waals surface area contributed by atoms with E-state index in [1.165, 1.54) is 12.1 Å². The summed E-state index contributed by atoms with van der Waals surface area (Å²) in [7, 11) is 0. The van der Waals surface area contributed by atoms with E-state index in [0.717, 1.165) is 0 Å². The molecule has 3 N–H and O–H groups in total. The third-order valence-corrected chi connectivity index (χ3v) is 2.54. The number of benzene rings is 1. The van der Waals surface area contributed by atoms with Crippen molar-refractivity contribution >= 4 is 39.4 Å². The molecule has 0 spiro atoms. The highest BCUT2D eigenvalue weighted by Crippen LogP contribution is 2.19. The minimum atomic E-state index is -1.62. The van der Waals surface area contributed by atoms with Crippen LogP contribution in [0.4, 0.5) is 0 Å². The summed E-state index contributed by atoms with van der Waals surface area (Å²) in [6.07, 6.45) is -1.62. The smallest absolute Gasteiger partial charge is 0.334 e. The van der Waals surface area contributed by atoms with Crippen LogP contribution in [0.3, 0.4) is 0 Å². The van der Waals surface area contributed by atoms with Crippen LogP contribution in [0, 0.1) is 0 Å². The Morgan fingerprint density at radius 1 is 1.41 bits per heavy atom. The lowest BCUT2D eigenvalue weighted by Crippen LogP contribution is -2.36. The molecule has 1 atom stereocenters. The fourth-order valence-electron chi connectivity index (χ4n) is 1.06. The van der Waals surface area contributed by atoms with Gasteiger partial charge in [-0.15, -0.1) is 0 Å². The second-order valence-electron chi connectivity index (χ2n) is 3.22. The van der Waals surface area contributed by atoms with Crippen molar-refractivity contribution < 1.29 is 19.8 Å². The van der Waals surface area contributed by atoms with E-state index in [-0.39, 0.29) is 12.1 Å². The molecule has 0 aromatic heterocycles. The summed E-state index contributed by atoms with van der Waals surface area (Å²) in [6.45, 7) is -0.363. The summed E-state index contributed by atoms with van der Waals surface area (Å²) in [5, 5.41) is 20.1. The second kappa shape index (κ2) is 6.00. The van der Waals surface area contributed by atoms with Gasteiger partial charge in [0.15, 0.2) is 6.10 Å². The number of carboxylic acids is 1. The van der Waals surface area contributed by atoms with Crippen LogP contribution in [0.5, 0.6) is 0 Å². The number of carboxylic acid groups (broad SMARTS) is 1. The molecule has 1 amide bonds. The van der Waals surface area contributed by atoms with Crippen molar-refractivity contribution in [3.63, 3.8) is 0 Å². The number of amides is 1. The molecule has 7 heteroatoms. The Labute approximate surface area is 111 Å². The van der Waals surface area contributed by atoms with Gasteiger partial charge in [0.1, 0.15) is 0 Å². The number of hydrogen-bond donors (Lipinski definition) is 3. The van der Waals surface area contributed by atoms with Crippen LogP contribution < -0.4 is 5.32 Å². The monoisotopic (exact) mass is 321 g/mol. The molecule has 1 aromatic rings. The quantitative estimate of drug-likeness (QED) is 0.779. The third kappa shape index (κ3) is 4.33. The van der Waals surface area contributed by atoms with Gasteiger partial charge in [0.25, 0.3) is 5.91 Å². The maximum atomic E-state index is 11.6. The number of carbonyl (C=O) groups excluding carboxylic acids is 1. The standard InChI is InChI=1S/C10H9BrClNO4/c11-6-1-5(2-7(12)3-6)9(15)13-4-8(14)10(16)17/h1-3,8,14H,4H2,(H,13,15)(H,16,17)/t8-/m0/s1. The largest absolute Gasteiger partial charge is 0.479 e. The Hall–Kier alpha value is -1.11. The van der Waals surface area contributed by atoms with E-state index in [4.69, 9.17) is 21.8 Å². The minimum Gasteiger partial charge on any atom is -0.479 e. The molecular formula is C10H9BrClNO4. The molecule has 0 aliphatic rings. The number of carbonyl (C=O) groups is 2. The number of hydrogen-bond acceptors (Lipinski definition) is 3. The van der Waals surface area contributed by atoms with Crippen LogP contribution >= 0.6 is 27.5 Å². The van der Waals surface area contributed by atoms with Crippen LogP contribution in [-0.2, 0) is 4.79 Å². The Morgan fingerprint density at radius 2 is 2.06 bits per heavy atom. The van der Waals surface area contributed by atoms with Crippen molar-refractivity contribution in [3.05, 3.63) is 33.3 Å². The van der Waals surface area contributed by atoms with Crippen molar-refractivity contribution in [2.24, 2.45) is 0 Å². The topological polar surface area (TPSA) is 86.6 Å². The van der Waals surface area contributed by atoms with Gasteiger partial charge in [-0.2, -0.15) is 0 Å². The highest BCUT2D eigenvalue weighted by atomic mass is 79.9. The number of aliphatic hydroxyl groups excluding tert-OH is 1. The Kier molecular flexibility index (Phi) is 4.92. The number of aliphatic carboxylic acids is 1. The highest BCUT2D eigenvalue weighted by Gasteiger charge is 2.15. The molecule has 17 heavy (non-hydrogen) atoms. The number of rotatable bonds is 4. The fraction of sp³-hybridized carbons (Fsp3) is 0.200. The van der Waals surface area contributed by atoms with Gasteiger partial charge in [-0.25, -0.2) is 4.79 Å². The zero-order chi connectivity index (χ0) is 13.0. The van der Waals surface area contributed by atoms with E-state index in [9.17, 15) is 9.59 Å². The van der Waals surface area contributed by atoms with Gasteiger partial charge < -0.3 is 15.5 Å². The molecule has 0 bridgehead atoms. The second-order valence-corrected chi connectivity index (χ2v) is 4.57. The molecule has 0 heterocycles. The molecule has 5 nitrogen and oxygen atoms in total. The van der Waals surface area contributed by atoms with E-state index < -0.39 is 18.0 Å². The minimum absolute atomic E-state index is 0.280. The summed E-state index contributed by atoms with van der Waals surface area (Å²) in [6, 6.07) is 4.59. The first-order chi connectivity index (χ1) is 7.90. The zero-order valence-corrected chi connectivity index (χ0v) is 10.8. The molecule has 1 rings (SSSR count). The van der Waals surface area contributed by atoms with Crippen LogP contribution in [0.1, 0.15) is 10.4 Å². The Morgan fingerprint density at radius 3 is 2.59 bits per heavy atom. The lowest BCUT2D eigenvalue weighted by atomic mass is 10.2. The van der Waals surface area contributed by atoms with E-state index in [2.05, 4.69) is 21.2 Å². The van der Waals surface area contributed by atoms with Gasteiger partial charge in [-0.1, -0.05) is 27.5 Å². The number of nitrogens with one attached hydrogen (secondary N) is 1. The molecule has 0 saturated heterocycles. The normalized spacial score (nSPS) is 11.9. The summed E-state index contributed by atoms with van der Waals surface area (Å²) in [5.74, 6) is -1.90. The summed E-state index contributed by atoms with van der Waals surface area (Å²) in [4.78, 5) is 21.9. The van der Waals surface area contributed by atoms with Gasteiger partial charge in [0.05, 0.1) is 6.54 Å². The molecule has 0 saturated carbocycles. The Balaban J connectivity index is 2.67. The average molecular weight is 323 g/mol. The lowest BCUT2D eigenvalue weighted by molar-refractivity contribution is -0.146. The lowest BCUT2D eigenvalue weighted by Gasteiger charge is -2.08. The summed E-state index contributed by atoms with van der Waals surface area (Å²) < 4.78 is 0.633. The van der Waals surface area contributed by atoms with Crippen molar-refractivity contribution in [2.75, 3.05) is 6.54 Å². The molecule has 0 unspecified atom stereocenters. The summed E-state index contributed by atoms with van der Waals surface area (Å²) >= 11 is 8.93. The summed E-state index contributed by atoms with van der Waals surface area (Å²) in [5.41, 5.74) is 0.280. The predicted octanol–water partition coefficient (Wildman–Crippen LogP) is 1.28.